The van der Waals surface area contributed by atoms with E-state index in [-0.39, 0.29) is 11.9 Å². The molecule has 1 heterocycles. The summed E-state index contributed by atoms with van der Waals surface area (Å²) in [5.74, 6) is -0.177. The van der Waals surface area contributed by atoms with Gasteiger partial charge in [-0.05, 0) is 40.5 Å². The summed E-state index contributed by atoms with van der Waals surface area (Å²) in [5, 5.41) is 5.21. The zero-order valence-electron chi connectivity index (χ0n) is 9.41. The Kier molecular flexibility index (Phi) is 4.31. The quantitative estimate of drug-likeness (QED) is 0.894. The molecular formula is C13H13BrFNS. The molecule has 1 aromatic carbocycles. The Labute approximate surface area is 113 Å². The van der Waals surface area contributed by atoms with Crippen LogP contribution in [0.1, 0.15) is 16.5 Å². The van der Waals surface area contributed by atoms with Crippen LogP contribution < -0.4 is 5.32 Å². The van der Waals surface area contributed by atoms with E-state index in [1.54, 1.807) is 17.4 Å². The van der Waals surface area contributed by atoms with Crippen molar-refractivity contribution in [3.05, 3.63) is 56.4 Å². The van der Waals surface area contributed by atoms with E-state index < -0.39 is 0 Å². The fourth-order valence-corrected chi connectivity index (χ4v) is 2.92. The van der Waals surface area contributed by atoms with Crippen molar-refractivity contribution in [3.63, 3.8) is 0 Å². The van der Waals surface area contributed by atoms with Crippen LogP contribution in [0.4, 0.5) is 4.39 Å². The summed E-state index contributed by atoms with van der Waals surface area (Å²) >= 11 is 4.92. The number of halogens is 2. The van der Waals surface area contributed by atoms with E-state index in [4.69, 9.17) is 0 Å². The van der Waals surface area contributed by atoms with E-state index >= 15 is 0 Å². The van der Waals surface area contributed by atoms with Crippen LogP contribution in [0.15, 0.2) is 40.2 Å². The molecule has 1 nitrogen and oxygen atoms in total. The number of likely N-dealkylation sites (N-methyl/N-ethyl adjacent to an activating group) is 1. The number of nitrogens with one attached hydrogen (secondary N) is 1. The SMILES string of the molecule is CNC(Cc1cccs1)c1cccc(Br)c1F. The number of rotatable bonds is 4. The van der Waals surface area contributed by atoms with Crippen LogP contribution in [0.5, 0.6) is 0 Å². The van der Waals surface area contributed by atoms with Crippen molar-refractivity contribution in [2.24, 2.45) is 0 Å². The minimum atomic E-state index is -0.177. The molecule has 0 aliphatic heterocycles. The zero-order valence-corrected chi connectivity index (χ0v) is 11.8. The van der Waals surface area contributed by atoms with Crippen molar-refractivity contribution in [2.45, 2.75) is 12.5 Å². The highest BCUT2D eigenvalue weighted by Gasteiger charge is 2.16. The van der Waals surface area contributed by atoms with Crippen molar-refractivity contribution in [1.82, 2.24) is 5.32 Å². The average Bonchev–Trinajstić information content (AvgIpc) is 2.83. The topological polar surface area (TPSA) is 12.0 Å². The molecule has 0 aliphatic carbocycles. The third-order valence-electron chi connectivity index (χ3n) is 2.69. The van der Waals surface area contributed by atoms with Gasteiger partial charge in [0.1, 0.15) is 5.82 Å². The number of thiophene rings is 1. The molecule has 0 fully saturated rings. The summed E-state index contributed by atoms with van der Waals surface area (Å²) in [4.78, 5) is 1.25. The first-order chi connectivity index (χ1) is 8.22. The first-order valence-electron chi connectivity index (χ1n) is 5.36. The lowest BCUT2D eigenvalue weighted by molar-refractivity contribution is 0.533. The molecule has 1 N–H and O–H groups in total. The number of hydrogen-bond acceptors (Lipinski definition) is 2. The summed E-state index contributed by atoms with van der Waals surface area (Å²) in [7, 11) is 1.86. The molecule has 2 rings (SSSR count). The average molecular weight is 314 g/mol. The van der Waals surface area contributed by atoms with Crippen LogP contribution in [0.25, 0.3) is 0 Å². The third-order valence-corrected chi connectivity index (χ3v) is 4.20. The Morgan fingerprint density at radius 3 is 2.82 bits per heavy atom. The minimum Gasteiger partial charge on any atom is -0.313 e. The molecule has 0 bridgehead atoms. The zero-order chi connectivity index (χ0) is 12.3. The maximum Gasteiger partial charge on any atom is 0.142 e. The highest BCUT2D eigenvalue weighted by Crippen LogP contribution is 2.27. The molecule has 90 valence electrons. The van der Waals surface area contributed by atoms with Gasteiger partial charge in [0.15, 0.2) is 0 Å². The lowest BCUT2D eigenvalue weighted by Gasteiger charge is -2.17. The molecule has 0 spiro atoms. The largest absolute Gasteiger partial charge is 0.313 e. The number of benzene rings is 1. The van der Waals surface area contributed by atoms with Gasteiger partial charge in [-0.15, -0.1) is 11.3 Å². The van der Waals surface area contributed by atoms with Gasteiger partial charge in [-0.2, -0.15) is 0 Å². The van der Waals surface area contributed by atoms with Gasteiger partial charge in [0.05, 0.1) is 4.47 Å². The van der Waals surface area contributed by atoms with Gasteiger partial charge >= 0.3 is 0 Å². The first kappa shape index (κ1) is 12.7. The Morgan fingerprint density at radius 2 is 2.18 bits per heavy atom. The molecule has 2 aromatic rings. The van der Waals surface area contributed by atoms with Crippen LogP contribution in [0, 0.1) is 5.82 Å². The maximum atomic E-state index is 14.0. The van der Waals surface area contributed by atoms with Crippen molar-refractivity contribution in [1.29, 1.82) is 0 Å². The van der Waals surface area contributed by atoms with Gasteiger partial charge in [-0.3, -0.25) is 0 Å². The third kappa shape index (κ3) is 2.94. The van der Waals surface area contributed by atoms with Crippen LogP contribution in [-0.2, 0) is 6.42 Å². The van der Waals surface area contributed by atoms with E-state index in [0.717, 1.165) is 6.42 Å². The van der Waals surface area contributed by atoms with Gasteiger partial charge < -0.3 is 5.32 Å². The van der Waals surface area contributed by atoms with Crippen LogP contribution >= 0.6 is 27.3 Å². The van der Waals surface area contributed by atoms with E-state index in [0.29, 0.717) is 10.0 Å². The Morgan fingerprint density at radius 1 is 1.35 bits per heavy atom. The second-order valence-electron chi connectivity index (χ2n) is 3.77. The van der Waals surface area contributed by atoms with Gasteiger partial charge in [0.25, 0.3) is 0 Å². The number of hydrogen-bond donors (Lipinski definition) is 1. The summed E-state index contributed by atoms with van der Waals surface area (Å²) < 4.78 is 14.5. The molecule has 0 saturated heterocycles. The Hall–Kier alpha value is -0.710. The van der Waals surface area contributed by atoms with E-state index in [1.165, 1.54) is 4.88 Å². The van der Waals surface area contributed by atoms with Crippen molar-refractivity contribution >= 4 is 27.3 Å². The van der Waals surface area contributed by atoms with Gasteiger partial charge in [-0.1, -0.05) is 18.2 Å². The predicted molar refractivity (Wildman–Crippen MR) is 73.9 cm³/mol. The summed E-state index contributed by atoms with van der Waals surface area (Å²) in [6.45, 7) is 0. The second kappa shape index (κ2) is 5.76. The molecule has 17 heavy (non-hydrogen) atoms. The molecule has 0 saturated carbocycles. The molecule has 1 unspecified atom stereocenters. The monoisotopic (exact) mass is 313 g/mol. The van der Waals surface area contributed by atoms with Crippen LogP contribution in [0.2, 0.25) is 0 Å². The Bertz CT molecular complexity index is 484. The summed E-state index contributed by atoms with van der Waals surface area (Å²) in [5.41, 5.74) is 0.704. The molecular weight excluding hydrogens is 301 g/mol. The van der Waals surface area contributed by atoms with Crippen molar-refractivity contribution in [3.8, 4) is 0 Å². The van der Waals surface area contributed by atoms with E-state index in [1.807, 2.05) is 30.6 Å². The van der Waals surface area contributed by atoms with Crippen molar-refractivity contribution in [2.75, 3.05) is 7.05 Å². The van der Waals surface area contributed by atoms with Crippen LogP contribution in [0.3, 0.4) is 0 Å². The summed E-state index contributed by atoms with van der Waals surface area (Å²) in [6, 6.07) is 9.51. The molecule has 0 aliphatic rings. The molecule has 1 aromatic heterocycles. The second-order valence-corrected chi connectivity index (χ2v) is 5.65. The molecule has 0 amide bonds. The summed E-state index contributed by atoms with van der Waals surface area (Å²) in [6.07, 6.45) is 0.807. The van der Waals surface area contributed by atoms with E-state index in [2.05, 4.69) is 27.3 Å². The molecule has 0 radical (unpaired) electrons. The maximum absolute atomic E-state index is 14.0. The predicted octanol–water partition coefficient (Wildman–Crippen LogP) is 4.15. The van der Waals surface area contributed by atoms with Gasteiger partial charge in [0.2, 0.25) is 0 Å². The van der Waals surface area contributed by atoms with E-state index in [9.17, 15) is 4.39 Å². The first-order valence-corrected chi connectivity index (χ1v) is 7.03. The minimum absolute atomic E-state index is 0.00569. The van der Waals surface area contributed by atoms with Crippen LogP contribution in [-0.4, -0.2) is 7.05 Å². The fourth-order valence-electron chi connectivity index (χ4n) is 1.79. The lowest BCUT2D eigenvalue weighted by Crippen LogP contribution is -2.19. The fraction of sp³-hybridized carbons (Fsp3) is 0.231. The smallest absolute Gasteiger partial charge is 0.142 e. The Balaban J connectivity index is 2.26. The normalized spacial score (nSPS) is 12.6. The lowest BCUT2D eigenvalue weighted by atomic mass is 10.0. The molecule has 4 heteroatoms. The standard InChI is InChI=1S/C13H13BrFNS/c1-16-12(8-9-4-3-7-17-9)10-5-2-6-11(14)13(10)15/h2-7,12,16H,8H2,1H3. The van der Waals surface area contributed by atoms with Gasteiger partial charge in [-0.25, -0.2) is 4.39 Å². The van der Waals surface area contributed by atoms with Crippen molar-refractivity contribution < 1.29 is 4.39 Å². The molecule has 1 atom stereocenters. The highest BCUT2D eigenvalue weighted by molar-refractivity contribution is 9.10. The van der Waals surface area contributed by atoms with Gasteiger partial charge in [0, 0.05) is 22.9 Å². The highest BCUT2D eigenvalue weighted by atomic mass is 79.9.